The van der Waals surface area contributed by atoms with Crippen molar-refractivity contribution in [3.05, 3.63) is 0 Å². The van der Waals surface area contributed by atoms with Crippen molar-refractivity contribution >= 4 is 41.5 Å². The topological polar surface area (TPSA) is 355 Å². The molecule has 1 fully saturated rings. The summed E-state index contributed by atoms with van der Waals surface area (Å²) >= 11 is 0. The number of hydrogen-bond donors (Lipinski definition) is 11. The second kappa shape index (κ2) is 29.2. The molecule has 0 aromatic carbocycles. The molecule has 24 nitrogen and oxygen atoms in total. The van der Waals surface area contributed by atoms with Gasteiger partial charge in [-0.25, -0.2) is 0 Å². The SMILES string of the molecule is NC(=O)COCCOCCNC(=O)[C@@H](CCC(=O)NCC[C@@H](O)[C@H](O)[C@H](O)CO)NC(=O)CN1CCN(CC(=O)O)CCN(CC(=O)O)CCN(CC(=O)O)CC1. The molecule has 0 aromatic heterocycles. The van der Waals surface area contributed by atoms with E-state index in [2.05, 4.69) is 16.0 Å². The fourth-order valence-corrected chi connectivity index (χ4v) is 5.52. The quantitative estimate of drug-likeness (QED) is 0.0343. The Balaban J connectivity index is 3.02. The van der Waals surface area contributed by atoms with Gasteiger partial charge in [0.2, 0.25) is 23.6 Å². The molecule has 1 rings (SSSR count). The number of nitrogens with two attached hydrogens (primary N) is 1. The normalized spacial score (nSPS) is 17.5. The molecule has 0 saturated carbocycles. The number of carbonyl (C=O) groups excluding carboxylic acids is 4. The molecule has 1 saturated heterocycles. The predicted molar refractivity (Wildman–Crippen MR) is 196 cm³/mol. The summed E-state index contributed by atoms with van der Waals surface area (Å²) in [5, 5.41) is 74.3. The first-order valence-electron chi connectivity index (χ1n) is 18.5. The van der Waals surface area contributed by atoms with Gasteiger partial charge in [-0.3, -0.25) is 53.2 Å². The van der Waals surface area contributed by atoms with Gasteiger partial charge < -0.3 is 66.9 Å². The van der Waals surface area contributed by atoms with E-state index in [4.69, 9.17) is 20.3 Å². The lowest BCUT2D eigenvalue weighted by atomic mass is 10.1. The van der Waals surface area contributed by atoms with Gasteiger partial charge in [0.05, 0.1) is 58.7 Å². The number of amides is 4. The lowest BCUT2D eigenvalue weighted by molar-refractivity contribution is -0.140. The fourth-order valence-electron chi connectivity index (χ4n) is 5.52. The lowest BCUT2D eigenvalue weighted by Gasteiger charge is -2.33. The molecule has 0 unspecified atom stereocenters. The van der Waals surface area contributed by atoms with E-state index in [1.165, 1.54) is 0 Å². The van der Waals surface area contributed by atoms with E-state index in [0.29, 0.717) is 0 Å². The Morgan fingerprint density at radius 2 is 1.07 bits per heavy atom. The molecule has 0 spiro atoms. The standard InChI is InChI=1S/C33H60N8O16/c34-26(45)22-57-16-15-56-14-5-36-33(55)23(1-2-27(46)35-4-3-24(43)32(54)25(44)21-42)37-28(47)17-38-6-8-39(18-29(48)49)10-12-41(20-31(52)53)13-11-40(9-7-38)19-30(50)51/h23-25,32,42-44,54H,1-22H2,(H2,34,45)(H,35,46)(H,36,55)(H,37,47)(H,48,49)(H,50,51)(H,52,53)/t23-,24-,25-,32+/m1/s1. The summed E-state index contributed by atoms with van der Waals surface area (Å²) < 4.78 is 10.3. The number of aliphatic hydroxyl groups is 4. The number of hydrogen-bond acceptors (Lipinski definition) is 17. The third-order valence-corrected chi connectivity index (χ3v) is 8.59. The summed E-state index contributed by atoms with van der Waals surface area (Å²) in [4.78, 5) is 91.2. The van der Waals surface area contributed by atoms with Crippen LogP contribution in [0.5, 0.6) is 0 Å². The van der Waals surface area contributed by atoms with Crippen LogP contribution in [-0.2, 0) is 43.0 Å². The van der Waals surface area contributed by atoms with Gasteiger partial charge in [-0.1, -0.05) is 0 Å². The number of nitrogens with one attached hydrogen (secondary N) is 3. The summed E-state index contributed by atoms with van der Waals surface area (Å²) in [5.41, 5.74) is 5.00. The second-order valence-electron chi connectivity index (χ2n) is 13.3. The lowest BCUT2D eigenvalue weighted by Crippen LogP contribution is -2.52. The van der Waals surface area contributed by atoms with Gasteiger partial charge >= 0.3 is 17.9 Å². The van der Waals surface area contributed by atoms with Crippen LogP contribution in [0.3, 0.4) is 0 Å². The molecule has 4 atom stereocenters. The van der Waals surface area contributed by atoms with Gasteiger partial charge in [-0.05, 0) is 12.8 Å². The highest BCUT2D eigenvalue weighted by Crippen LogP contribution is 2.06. The van der Waals surface area contributed by atoms with Crippen LogP contribution in [0.25, 0.3) is 0 Å². The van der Waals surface area contributed by atoms with Crippen LogP contribution >= 0.6 is 0 Å². The Labute approximate surface area is 329 Å². The van der Waals surface area contributed by atoms with Crippen LogP contribution in [0.15, 0.2) is 0 Å². The van der Waals surface area contributed by atoms with Gasteiger partial charge in [0.15, 0.2) is 0 Å². The zero-order valence-corrected chi connectivity index (χ0v) is 32.0. The molecule has 57 heavy (non-hydrogen) atoms. The molecule has 1 heterocycles. The number of carbonyl (C=O) groups is 7. The molecule has 4 amide bonds. The van der Waals surface area contributed by atoms with E-state index in [0.717, 1.165) is 0 Å². The van der Waals surface area contributed by atoms with Crippen LogP contribution in [0.1, 0.15) is 19.3 Å². The molecule has 1 aliphatic heterocycles. The minimum atomic E-state index is -1.65. The number of primary amides is 1. The third-order valence-electron chi connectivity index (χ3n) is 8.59. The van der Waals surface area contributed by atoms with Crippen molar-refractivity contribution < 1.29 is 78.8 Å². The molecule has 1 aliphatic rings. The van der Waals surface area contributed by atoms with Gasteiger partial charge in [0.1, 0.15) is 24.9 Å². The summed E-state index contributed by atoms with van der Waals surface area (Å²) in [6.07, 6.45) is -5.28. The monoisotopic (exact) mass is 824 g/mol. The summed E-state index contributed by atoms with van der Waals surface area (Å²) in [7, 11) is 0. The average molecular weight is 825 g/mol. The largest absolute Gasteiger partial charge is 0.480 e. The molecule has 24 heteroatoms. The third kappa shape index (κ3) is 25.0. The molecule has 0 bridgehead atoms. The van der Waals surface area contributed by atoms with Gasteiger partial charge in [-0.15, -0.1) is 0 Å². The van der Waals surface area contributed by atoms with Crippen LogP contribution < -0.4 is 21.7 Å². The Kier molecular flexibility index (Phi) is 26.0. The zero-order chi connectivity index (χ0) is 42.8. The summed E-state index contributed by atoms with van der Waals surface area (Å²) in [6, 6.07) is -1.23. The van der Waals surface area contributed by atoms with Crippen LogP contribution in [-0.4, -0.2) is 246 Å². The first-order valence-corrected chi connectivity index (χ1v) is 18.5. The average Bonchev–Trinajstić information content (AvgIpc) is 3.13. The molecular formula is C33H60N8O16. The number of nitrogens with zero attached hydrogens (tertiary/aromatic N) is 4. The van der Waals surface area contributed by atoms with Crippen molar-refractivity contribution in [3.63, 3.8) is 0 Å². The molecule has 328 valence electrons. The highest BCUT2D eigenvalue weighted by molar-refractivity contribution is 5.89. The minimum Gasteiger partial charge on any atom is -0.480 e. The van der Waals surface area contributed by atoms with E-state index in [1.54, 1.807) is 19.6 Å². The first-order chi connectivity index (χ1) is 27.0. The number of ether oxygens (including phenoxy) is 2. The van der Waals surface area contributed by atoms with Crippen molar-refractivity contribution in [2.45, 2.75) is 43.6 Å². The van der Waals surface area contributed by atoms with Crippen LogP contribution in [0.4, 0.5) is 0 Å². The highest BCUT2D eigenvalue weighted by atomic mass is 16.5. The number of carboxylic acids is 3. The molecular weight excluding hydrogens is 764 g/mol. The minimum absolute atomic E-state index is 0.00195. The van der Waals surface area contributed by atoms with Crippen molar-refractivity contribution in [1.82, 2.24) is 35.6 Å². The van der Waals surface area contributed by atoms with Crippen LogP contribution in [0, 0.1) is 0 Å². The van der Waals surface area contributed by atoms with E-state index in [-0.39, 0.29) is 137 Å². The Morgan fingerprint density at radius 3 is 1.53 bits per heavy atom. The van der Waals surface area contributed by atoms with Crippen molar-refractivity contribution in [3.8, 4) is 0 Å². The van der Waals surface area contributed by atoms with E-state index >= 15 is 0 Å². The van der Waals surface area contributed by atoms with Gasteiger partial charge in [0, 0.05) is 71.9 Å². The highest BCUT2D eigenvalue weighted by Gasteiger charge is 2.26. The summed E-state index contributed by atoms with van der Waals surface area (Å²) in [6.45, 7) is -0.969. The van der Waals surface area contributed by atoms with E-state index < -0.39 is 72.5 Å². The van der Waals surface area contributed by atoms with Gasteiger partial charge in [-0.2, -0.15) is 0 Å². The molecule has 0 radical (unpaired) electrons. The molecule has 0 aliphatic carbocycles. The maximum atomic E-state index is 13.5. The molecule has 0 aromatic rings. The Bertz CT molecular complexity index is 1230. The Hall–Kier alpha value is -4.11. The van der Waals surface area contributed by atoms with E-state index in [9.17, 15) is 64.2 Å². The maximum Gasteiger partial charge on any atom is 0.317 e. The predicted octanol–water partition coefficient (Wildman–Crippen LogP) is -7.06. The summed E-state index contributed by atoms with van der Waals surface area (Å²) in [5.74, 6) is -5.81. The smallest absolute Gasteiger partial charge is 0.317 e. The Morgan fingerprint density at radius 1 is 0.596 bits per heavy atom. The fraction of sp³-hybridized carbons (Fsp3) is 0.788. The molecule has 12 N–H and O–H groups in total. The first kappa shape index (κ1) is 50.9. The van der Waals surface area contributed by atoms with Gasteiger partial charge in [0.25, 0.3) is 0 Å². The number of aliphatic carboxylic acids is 3. The maximum absolute atomic E-state index is 13.5. The number of aliphatic hydroxyl groups excluding tert-OH is 4. The van der Waals surface area contributed by atoms with Crippen molar-refractivity contribution in [2.24, 2.45) is 5.73 Å². The number of rotatable bonds is 27. The number of carboxylic acid groups (broad SMARTS) is 3. The van der Waals surface area contributed by atoms with Crippen molar-refractivity contribution in [2.75, 3.05) is 125 Å². The van der Waals surface area contributed by atoms with E-state index in [1.807, 2.05) is 0 Å². The van der Waals surface area contributed by atoms with Crippen molar-refractivity contribution in [1.29, 1.82) is 0 Å². The second-order valence-corrected chi connectivity index (χ2v) is 13.3. The zero-order valence-electron chi connectivity index (χ0n) is 32.0. The van der Waals surface area contributed by atoms with Crippen LogP contribution in [0.2, 0.25) is 0 Å².